The van der Waals surface area contributed by atoms with Crippen LogP contribution in [0.1, 0.15) is 18.4 Å². The van der Waals surface area contributed by atoms with Gasteiger partial charge >= 0.3 is 6.18 Å². The molecule has 2 aromatic heterocycles. The average Bonchev–Trinajstić information content (AvgIpc) is 3.37. The second kappa shape index (κ2) is 10.2. The van der Waals surface area contributed by atoms with Gasteiger partial charge in [0.2, 0.25) is 5.91 Å². The molecule has 0 radical (unpaired) electrons. The van der Waals surface area contributed by atoms with Gasteiger partial charge in [0.1, 0.15) is 18.1 Å². The van der Waals surface area contributed by atoms with Crippen molar-refractivity contribution < 1.29 is 22.7 Å². The smallest absolute Gasteiger partial charge is 0.416 e. The Bertz CT molecular complexity index is 1050. The van der Waals surface area contributed by atoms with Crippen molar-refractivity contribution in [2.45, 2.75) is 19.0 Å². The summed E-state index contributed by atoms with van der Waals surface area (Å²) in [4.78, 5) is 15.6. The number of hydrogen-bond donors (Lipinski definition) is 1. The summed E-state index contributed by atoms with van der Waals surface area (Å²) in [5, 5.41) is 13.5. The third-order valence-electron chi connectivity index (χ3n) is 5.45. The van der Waals surface area contributed by atoms with E-state index in [2.05, 4.69) is 20.4 Å². The van der Waals surface area contributed by atoms with E-state index < -0.39 is 11.7 Å². The second-order valence-corrected chi connectivity index (χ2v) is 8.63. The van der Waals surface area contributed by atoms with Crippen LogP contribution in [0.3, 0.4) is 0 Å². The minimum atomic E-state index is -4.42. The summed E-state index contributed by atoms with van der Waals surface area (Å²) in [5.41, 5.74) is 0.0806. The lowest BCUT2D eigenvalue weighted by molar-refractivity contribution is -0.137. The highest BCUT2D eigenvalue weighted by atomic mass is 32.1. The molecule has 33 heavy (non-hydrogen) atoms. The van der Waals surface area contributed by atoms with E-state index in [4.69, 9.17) is 4.74 Å². The minimum absolute atomic E-state index is 0.0681. The largest absolute Gasteiger partial charge is 0.492 e. The Balaban J connectivity index is 1.19. The van der Waals surface area contributed by atoms with Crippen LogP contribution in [0.5, 0.6) is 5.75 Å². The van der Waals surface area contributed by atoms with Gasteiger partial charge in [-0.25, -0.2) is 0 Å². The molecule has 0 bridgehead atoms. The predicted octanol–water partition coefficient (Wildman–Crippen LogP) is 4.64. The number of carbonyl (C=O) groups excluding carboxylic acids is 1. The molecule has 1 aliphatic heterocycles. The minimum Gasteiger partial charge on any atom is -0.492 e. The first-order valence-corrected chi connectivity index (χ1v) is 11.5. The van der Waals surface area contributed by atoms with E-state index in [0.717, 1.165) is 28.5 Å². The van der Waals surface area contributed by atoms with Crippen molar-refractivity contribution in [2.24, 2.45) is 5.92 Å². The molecule has 1 fully saturated rings. The molecule has 1 saturated heterocycles. The molecule has 1 aliphatic rings. The normalized spacial score (nSPS) is 14.8. The number of aromatic nitrogens is 2. The van der Waals surface area contributed by atoms with E-state index in [0.29, 0.717) is 25.9 Å². The van der Waals surface area contributed by atoms with Gasteiger partial charge in [0, 0.05) is 19.0 Å². The molecule has 4 rings (SSSR count). The molecule has 3 aromatic rings. The molecule has 0 unspecified atom stereocenters. The number of ether oxygens (including phenoxy) is 1. The zero-order valence-corrected chi connectivity index (χ0v) is 18.5. The highest BCUT2D eigenvalue weighted by molar-refractivity contribution is 7.13. The monoisotopic (exact) mass is 476 g/mol. The van der Waals surface area contributed by atoms with Crippen LogP contribution in [-0.4, -0.2) is 42.3 Å². The quantitative estimate of drug-likeness (QED) is 0.504. The highest BCUT2D eigenvalue weighted by Gasteiger charge is 2.30. The van der Waals surface area contributed by atoms with Gasteiger partial charge in [-0.1, -0.05) is 12.1 Å². The van der Waals surface area contributed by atoms with Gasteiger partial charge in [-0.15, -0.1) is 21.5 Å². The van der Waals surface area contributed by atoms with E-state index in [-0.39, 0.29) is 30.7 Å². The van der Waals surface area contributed by atoms with E-state index in [9.17, 15) is 18.0 Å². The molecular weight excluding hydrogens is 453 g/mol. The third-order valence-corrected chi connectivity index (χ3v) is 6.34. The first kappa shape index (κ1) is 23.0. The lowest BCUT2D eigenvalue weighted by Gasteiger charge is -2.31. The SMILES string of the molecule is O=C(NCCOc1cccc(C(F)(F)F)c1)C1CCN(c2ccc(-c3cccs3)nn2)CC1. The topological polar surface area (TPSA) is 67.3 Å². The number of amides is 1. The summed E-state index contributed by atoms with van der Waals surface area (Å²) in [6.45, 7) is 1.72. The Kier molecular flexibility index (Phi) is 7.12. The number of alkyl halides is 3. The summed E-state index contributed by atoms with van der Waals surface area (Å²) in [7, 11) is 0. The number of anilines is 1. The van der Waals surface area contributed by atoms with Gasteiger partial charge in [-0.2, -0.15) is 13.2 Å². The lowest BCUT2D eigenvalue weighted by atomic mass is 9.96. The average molecular weight is 477 g/mol. The molecule has 10 heteroatoms. The Hall–Kier alpha value is -3.14. The van der Waals surface area contributed by atoms with Crippen molar-refractivity contribution in [1.82, 2.24) is 15.5 Å². The Morgan fingerprint density at radius 2 is 1.94 bits per heavy atom. The Morgan fingerprint density at radius 1 is 1.12 bits per heavy atom. The molecule has 174 valence electrons. The van der Waals surface area contributed by atoms with Crippen molar-refractivity contribution in [3.8, 4) is 16.3 Å². The number of nitrogens with one attached hydrogen (secondary N) is 1. The third kappa shape index (κ3) is 6.01. The lowest BCUT2D eigenvalue weighted by Crippen LogP contribution is -2.41. The van der Waals surface area contributed by atoms with Crippen LogP contribution in [0.2, 0.25) is 0 Å². The van der Waals surface area contributed by atoms with Gasteiger partial charge in [-0.05, 0) is 54.6 Å². The maximum absolute atomic E-state index is 12.8. The number of benzene rings is 1. The molecular formula is C23H23F3N4O2S. The fourth-order valence-corrected chi connectivity index (χ4v) is 4.36. The Morgan fingerprint density at radius 3 is 2.61 bits per heavy atom. The van der Waals surface area contributed by atoms with Crippen LogP contribution < -0.4 is 15.0 Å². The highest BCUT2D eigenvalue weighted by Crippen LogP contribution is 2.31. The van der Waals surface area contributed by atoms with Crippen LogP contribution in [0.15, 0.2) is 53.9 Å². The zero-order chi connectivity index (χ0) is 23.3. The summed E-state index contributed by atoms with van der Waals surface area (Å²) < 4.78 is 43.6. The number of piperidine rings is 1. The zero-order valence-electron chi connectivity index (χ0n) is 17.7. The number of carbonyl (C=O) groups is 1. The van der Waals surface area contributed by atoms with Crippen molar-refractivity contribution in [3.63, 3.8) is 0 Å². The van der Waals surface area contributed by atoms with Gasteiger partial charge in [-0.3, -0.25) is 4.79 Å². The molecule has 6 nitrogen and oxygen atoms in total. The standard InChI is InChI=1S/C23H23F3N4O2S/c24-23(25,26)17-3-1-4-18(15-17)32-13-10-27-22(31)16-8-11-30(12-9-16)21-7-6-19(28-29-21)20-5-2-14-33-20/h1-7,14-16H,8-13H2,(H,27,31). The number of thiophene rings is 1. The fraction of sp³-hybridized carbons (Fsp3) is 0.348. The van der Waals surface area contributed by atoms with Crippen molar-refractivity contribution in [3.05, 3.63) is 59.5 Å². The molecule has 0 aliphatic carbocycles. The molecule has 0 spiro atoms. The van der Waals surface area contributed by atoms with E-state index >= 15 is 0 Å². The van der Waals surface area contributed by atoms with Gasteiger partial charge in [0.25, 0.3) is 0 Å². The molecule has 1 amide bonds. The van der Waals surface area contributed by atoms with Crippen LogP contribution in [0.4, 0.5) is 19.0 Å². The van der Waals surface area contributed by atoms with E-state index in [1.165, 1.54) is 12.1 Å². The van der Waals surface area contributed by atoms with Crippen molar-refractivity contribution in [2.75, 3.05) is 31.1 Å². The maximum atomic E-state index is 12.8. The Labute approximate surface area is 193 Å². The first-order valence-electron chi connectivity index (χ1n) is 10.6. The predicted molar refractivity (Wildman–Crippen MR) is 120 cm³/mol. The molecule has 0 atom stereocenters. The van der Waals surface area contributed by atoms with E-state index in [1.54, 1.807) is 11.3 Å². The first-order chi connectivity index (χ1) is 15.9. The van der Waals surface area contributed by atoms with Crippen LogP contribution in [0, 0.1) is 5.92 Å². The summed E-state index contributed by atoms with van der Waals surface area (Å²) in [5.74, 6) is 0.733. The van der Waals surface area contributed by atoms with E-state index in [1.807, 2.05) is 29.6 Å². The summed E-state index contributed by atoms with van der Waals surface area (Å²) in [6.07, 6.45) is -3.04. The number of halogens is 3. The second-order valence-electron chi connectivity index (χ2n) is 7.68. The van der Waals surface area contributed by atoms with Gasteiger partial charge in [0.15, 0.2) is 5.82 Å². The summed E-state index contributed by atoms with van der Waals surface area (Å²) >= 11 is 1.61. The fourth-order valence-electron chi connectivity index (χ4n) is 3.67. The molecule has 1 aromatic carbocycles. The van der Waals surface area contributed by atoms with Gasteiger partial charge < -0.3 is 15.0 Å². The number of hydrogen-bond acceptors (Lipinski definition) is 6. The number of rotatable bonds is 7. The maximum Gasteiger partial charge on any atom is 0.416 e. The molecule has 1 N–H and O–H groups in total. The summed E-state index contributed by atoms with van der Waals surface area (Å²) in [6, 6.07) is 12.6. The molecule has 3 heterocycles. The van der Waals surface area contributed by atoms with Crippen LogP contribution >= 0.6 is 11.3 Å². The number of nitrogens with zero attached hydrogens (tertiary/aromatic N) is 3. The molecule has 0 saturated carbocycles. The van der Waals surface area contributed by atoms with Crippen LogP contribution in [0.25, 0.3) is 10.6 Å². The van der Waals surface area contributed by atoms with Crippen molar-refractivity contribution >= 4 is 23.1 Å². The van der Waals surface area contributed by atoms with Crippen molar-refractivity contribution in [1.29, 1.82) is 0 Å². The van der Waals surface area contributed by atoms with Crippen LogP contribution in [-0.2, 0) is 11.0 Å². The van der Waals surface area contributed by atoms with Gasteiger partial charge in [0.05, 0.1) is 17.0 Å².